The summed E-state index contributed by atoms with van der Waals surface area (Å²) in [6.07, 6.45) is 0. The number of carbonyl (C=O) groups excluding carboxylic acids is 2. The van der Waals surface area contributed by atoms with Crippen LogP contribution >= 0.6 is 0 Å². The molecule has 6 nitrogen and oxygen atoms in total. The van der Waals surface area contributed by atoms with Crippen LogP contribution in [0, 0.1) is 12.7 Å². The Morgan fingerprint density at radius 3 is 2.41 bits per heavy atom. The van der Waals surface area contributed by atoms with Crippen LogP contribution in [-0.4, -0.2) is 27.6 Å². The molecule has 182 valence electrons. The molecular weight excluding hydrogens is 467 g/mol. The van der Waals surface area contributed by atoms with E-state index in [1.807, 2.05) is 73.7 Å². The Kier molecular flexibility index (Phi) is 5.53. The molecule has 1 aromatic heterocycles. The number of carbonyl (C=O) groups is 2. The van der Waals surface area contributed by atoms with E-state index in [0.29, 0.717) is 22.6 Å². The summed E-state index contributed by atoms with van der Waals surface area (Å²) in [6.45, 7) is 1.87. The molecule has 5 aromatic rings. The van der Waals surface area contributed by atoms with Crippen LogP contribution in [0.3, 0.4) is 0 Å². The van der Waals surface area contributed by atoms with Crippen molar-refractivity contribution in [2.24, 2.45) is 0 Å². The zero-order valence-corrected chi connectivity index (χ0v) is 20.0. The Labute approximate surface area is 212 Å². The van der Waals surface area contributed by atoms with Gasteiger partial charge in [-0.1, -0.05) is 66.7 Å². The second-order valence-corrected chi connectivity index (χ2v) is 9.09. The first kappa shape index (κ1) is 22.7. The van der Waals surface area contributed by atoms with Crippen molar-refractivity contribution in [1.82, 2.24) is 15.1 Å². The second kappa shape index (κ2) is 9.02. The third-order valence-corrected chi connectivity index (χ3v) is 6.83. The first-order chi connectivity index (χ1) is 18.0. The van der Waals surface area contributed by atoms with Gasteiger partial charge in [0.25, 0.3) is 5.91 Å². The lowest BCUT2D eigenvalue weighted by atomic mass is 9.81. The summed E-state index contributed by atoms with van der Waals surface area (Å²) in [5.74, 6) is -1.13. The van der Waals surface area contributed by atoms with Crippen molar-refractivity contribution in [3.63, 3.8) is 0 Å². The Morgan fingerprint density at radius 2 is 1.62 bits per heavy atom. The molecule has 0 unspecified atom stereocenters. The lowest BCUT2D eigenvalue weighted by Gasteiger charge is -2.33. The number of halogens is 1. The summed E-state index contributed by atoms with van der Waals surface area (Å²) < 4.78 is 15.5. The summed E-state index contributed by atoms with van der Waals surface area (Å²) in [6, 6.07) is 27.7. The van der Waals surface area contributed by atoms with Crippen molar-refractivity contribution in [2.45, 2.75) is 18.9 Å². The normalized spacial score (nSPS) is 16.8. The molecule has 2 heterocycles. The zero-order valence-electron chi connectivity index (χ0n) is 20.0. The number of hydrogen-bond donors (Lipinski definition) is 2. The first-order valence-electron chi connectivity index (χ1n) is 12.0. The summed E-state index contributed by atoms with van der Waals surface area (Å²) in [7, 11) is 0. The Balaban J connectivity index is 1.47. The lowest BCUT2D eigenvalue weighted by molar-refractivity contribution is -0.118. The molecule has 6 rings (SSSR count). The number of rotatable bonds is 4. The largest absolute Gasteiger partial charge is 0.339 e. The molecule has 4 aromatic carbocycles. The molecule has 0 radical (unpaired) electrons. The van der Waals surface area contributed by atoms with Gasteiger partial charge in [-0.3, -0.25) is 9.59 Å². The number of hydrogen-bond acceptors (Lipinski definition) is 3. The van der Waals surface area contributed by atoms with Crippen molar-refractivity contribution in [3.8, 4) is 5.69 Å². The van der Waals surface area contributed by atoms with E-state index >= 15 is 0 Å². The average molecular weight is 491 g/mol. The molecule has 0 aliphatic carbocycles. The molecule has 37 heavy (non-hydrogen) atoms. The standard InChI is InChI=1S/C30H23FN4O2/c1-18-25-26(20-14-16-21(31)17-15-20)27(30(37)33-28(25)35(34-18)22-10-3-2-4-11-22)32-29(36)24-13-7-9-19-8-5-6-12-23(19)24/h2-17,26-27H,1H3,(H,32,36)(H,33,37)/t26-,27-/m0/s1. The van der Waals surface area contributed by atoms with Crippen LogP contribution in [0.15, 0.2) is 97.1 Å². The van der Waals surface area contributed by atoms with E-state index in [1.165, 1.54) is 12.1 Å². The number of aromatic nitrogens is 2. The third kappa shape index (κ3) is 3.94. The van der Waals surface area contributed by atoms with Crippen LogP contribution in [0.1, 0.15) is 33.1 Å². The van der Waals surface area contributed by atoms with E-state index in [0.717, 1.165) is 22.0 Å². The van der Waals surface area contributed by atoms with E-state index < -0.39 is 12.0 Å². The van der Waals surface area contributed by atoms with Gasteiger partial charge in [-0.15, -0.1) is 0 Å². The second-order valence-electron chi connectivity index (χ2n) is 9.09. The highest BCUT2D eigenvalue weighted by Crippen LogP contribution is 2.40. The summed E-state index contributed by atoms with van der Waals surface area (Å²) in [4.78, 5) is 27.1. The minimum absolute atomic E-state index is 0.361. The number of benzene rings is 4. The van der Waals surface area contributed by atoms with Gasteiger partial charge in [0, 0.05) is 17.0 Å². The molecule has 0 saturated carbocycles. The van der Waals surface area contributed by atoms with Gasteiger partial charge in [-0.05, 0) is 53.6 Å². The zero-order chi connectivity index (χ0) is 25.5. The Morgan fingerprint density at radius 1 is 0.919 bits per heavy atom. The third-order valence-electron chi connectivity index (χ3n) is 6.83. The fourth-order valence-electron chi connectivity index (χ4n) is 5.12. The van der Waals surface area contributed by atoms with Crippen LogP contribution in [0.4, 0.5) is 10.2 Å². The maximum atomic E-state index is 13.8. The van der Waals surface area contributed by atoms with Gasteiger partial charge >= 0.3 is 0 Å². The Hall–Kier alpha value is -4.78. The fourth-order valence-corrected chi connectivity index (χ4v) is 5.12. The number of anilines is 1. The number of amides is 2. The molecule has 1 aliphatic heterocycles. The quantitative estimate of drug-likeness (QED) is 0.356. The number of aryl methyl sites for hydroxylation is 1. The molecule has 0 bridgehead atoms. The highest BCUT2D eigenvalue weighted by molar-refractivity contribution is 6.09. The smallest absolute Gasteiger partial charge is 0.252 e. The van der Waals surface area contributed by atoms with Crippen LogP contribution in [0.25, 0.3) is 16.5 Å². The molecule has 0 saturated heterocycles. The maximum Gasteiger partial charge on any atom is 0.252 e. The predicted molar refractivity (Wildman–Crippen MR) is 140 cm³/mol. The molecule has 0 spiro atoms. The highest BCUT2D eigenvalue weighted by Gasteiger charge is 2.42. The highest BCUT2D eigenvalue weighted by atomic mass is 19.1. The number of nitrogens with zero attached hydrogens (tertiary/aromatic N) is 2. The number of nitrogens with one attached hydrogen (secondary N) is 2. The molecular formula is C30H23FN4O2. The fraction of sp³-hybridized carbons (Fsp3) is 0.100. The first-order valence-corrected chi connectivity index (χ1v) is 12.0. The van der Waals surface area contributed by atoms with E-state index in [4.69, 9.17) is 5.10 Å². The maximum absolute atomic E-state index is 13.8. The van der Waals surface area contributed by atoms with Crippen LogP contribution in [-0.2, 0) is 4.79 Å². The summed E-state index contributed by atoms with van der Waals surface area (Å²) in [5, 5.41) is 12.4. The monoisotopic (exact) mass is 490 g/mol. The summed E-state index contributed by atoms with van der Waals surface area (Å²) >= 11 is 0. The van der Waals surface area contributed by atoms with Gasteiger partial charge in [0.05, 0.1) is 11.4 Å². The molecule has 0 fully saturated rings. The molecule has 2 atom stereocenters. The molecule has 7 heteroatoms. The van der Waals surface area contributed by atoms with Gasteiger partial charge < -0.3 is 10.6 Å². The van der Waals surface area contributed by atoms with Gasteiger partial charge in [-0.2, -0.15) is 5.10 Å². The lowest BCUT2D eigenvalue weighted by Crippen LogP contribution is -2.50. The SMILES string of the molecule is Cc1nn(-c2ccccc2)c2c1[C@H](c1ccc(F)cc1)[C@H](NC(=O)c1cccc3ccccc13)C(=O)N2. The minimum Gasteiger partial charge on any atom is -0.339 e. The Bertz CT molecular complexity index is 1640. The van der Waals surface area contributed by atoms with Gasteiger partial charge in [0.1, 0.15) is 17.7 Å². The number of fused-ring (bicyclic) bond motifs is 2. The van der Waals surface area contributed by atoms with Crippen molar-refractivity contribution in [1.29, 1.82) is 0 Å². The molecule has 2 amide bonds. The van der Waals surface area contributed by atoms with Crippen molar-refractivity contribution >= 4 is 28.4 Å². The van der Waals surface area contributed by atoms with Crippen molar-refractivity contribution < 1.29 is 14.0 Å². The number of para-hydroxylation sites is 1. The van der Waals surface area contributed by atoms with Gasteiger partial charge in [-0.25, -0.2) is 9.07 Å². The summed E-state index contributed by atoms with van der Waals surface area (Å²) in [5.41, 5.74) is 3.46. The van der Waals surface area contributed by atoms with E-state index in [1.54, 1.807) is 22.9 Å². The van der Waals surface area contributed by atoms with E-state index in [-0.39, 0.29) is 17.6 Å². The van der Waals surface area contributed by atoms with E-state index in [2.05, 4.69) is 10.6 Å². The molecule has 1 aliphatic rings. The van der Waals surface area contributed by atoms with Crippen LogP contribution in [0.2, 0.25) is 0 Å². The van der Waals surface area contributed by atoms with E-state index in [9.17, 15) is 14.0 Å². The van der Waals surface area contributed by atoms with Crippen LogP contribution in [0.5, 0.6) is 0 Å². The minimum atomic E-state index is -0.934. The molecule has 2 N–H and O–H groups in total. The van der Waals surface area contributed by atoms with Crippen LogP contribution < -0.4 is 10.6 Å². The van der Waals surface area contributed by atoms with Crippen molar-refractivity contribution in [2.75, 3.05) is 5.32 Å². The average Bonchev–Trinajstić information content (AvgIpc) is 3.25. The predicted octanol–water partition coefficient (Wildman–Crippen LogP) is 5.36. The van der Waals surface area contributed by atoms with Gasteiger partial charge in [0.2, 0.25) is 5.91 Å². The van der Waals surface area contributed by atoms with Crippen molar-refractivity contribution in [3.05, 3.63) is 125 Å². The van der Waals surface area contributed by atoms with Gasteiger partial charge in [0.15, 0.2) is 0 Å². The topological polar surface area (TPSA) is 76.0 Å².